The van der Waals surface area contributed by atoms with Gasteiger partial charge in [-0.15, -0.1) is 0 Å². The zero-order valence-electron chi connectivity index (χ0n) is 14.8. The van der Waals surface area contributed by atoms with Crippen LogP contribution in [0, 0.1) is 0 Å². The number of urea groups is 1. The topological polar surface area (TPSA) is 117 Å². The van der Waals surface area contributed by atoms with Crippen LogP contribution in [0.4, 0.5) is 4.79 Å². The van der Waals surface area contributed by atoms with Crippen LogP contribution in [0.1, 0.15) is 44.2 Å². The average molecular weight is 363 g/mol. The zero-order chi connectivity index (χ0) is 18.9. The Hall–Kier alpha value is -2.77. The predicted molar refractivity (Wildman–Crippen MR) is 94.9 cm³/mol. The number of carboxylic acids is 1. The van der Waals surface area contributed by atoms with Crippen molar-refractivity contribution in [2.75, 3.05) is 13.2 Å². The van der Waals surface area contributed by atoms with Crippen molar-refractivity contribution < 1.29 is 24.2 Å². The molecule has 1 aromatic rings. The van der Waals surface area contributed by atoms with E-state index in [-0.39, 0.29) is 31.0 Å². The van der Waals surface area contributed by atoms with Crippen LogP contribution in [0.25, 0.3) is 0 Å². The molecule has 0 aromatic heterocycles. The van der Waals surface area contributed by atoms with Crippen LogP contribution in [0.15, 0.2) is 24.3 Å². The molecule has 2 rings (SSSR count). The van der Waals surface area contributed by atoms with Crippen LogP contribution >= 0.6 is 0 Å². The number of hydrogen-bond donors (Lipinski definition) is 4. The Morgan fingerprint density at radius 2 is 1.92 bits per heavy atom. The highest BCUT2D eigenvalue weighted by molar-refractivity contribution is 5.78. The molecule has 1 aliphatic carbocycles. The Morgan fingerprint density at radius 1 is 1.23 bits per heavy atom. The summed E-state index contributed by atoms with van der Waals surface area (Å²) in [5.74, 6) is -0.413. The second-order valence-corrected chi connectivity index (χ2v) is 6.32. The molecule has 1 aromatic carbocycles. The molecule has 0 spiro atoms. The highest BCUT2D eigenvalue weighted by Crippen LogP contribution is 2.19. The molecular weight excluding hydrogens is 338 g/mol. The molecule has 1 fully saturated rings. The average Bonchev–Trinajstić information content (AvgIpc) is 3.41. The standard InChI is InChI=1S/C18H25N3O5/c1-12(20-18(25)19-10-2-3-17(23)24)13-4-8-15(9-5-13)26-11-16(22)21-14-6-7-14/h4-5,8-9,12,14H,2-3,6-7,10-11H2,1H3,(H,21,22)(H,23,24)(H2,19,20,25). The number of ether oxygens (including phenoxy) is 1. The van der Waals surface area contributed by atoms with Crippen molar-refractivity contribution in [3.8, 4) is 5.75 Å². The van der Waals surface area contributed by atoms with Crippen LogP contribution in [-0.2, 0) is 9.59 Å². The van der Waals surface area contributed by atoms with Gasteiger partial charge in [-0.1, -0.05) is 12.1 Å². The van der Waals surface area contributed by atoms with Crippen molar-refractivity contribution in [1.82, 2.24) is 16.0 Å². The lowest BCUT2D eigenvalue weighted by molar-refractivity contribution is -0.137. The van der Waals surface area contributed by atoms with Crippen molar-refractivity contribution in [1.29, 1.82) is 0 Å². The van der Waals surface area contributed by atoms with Gasteiger partial charge in [0.15, 0.2) is 6.61 Å². The summed E-state index contributed by atoms with van der Waals surface area (Å²) in [6.45, 7) is 2.14. The van der Waals surface area contributed by atoms with Gasteiger partial charge in [0, 0.05) is 19.0 Å². The van der Waals surface area contributed by atoms with Gasteiger partial charge in [0.05, 0.1) is 6.04 Å². The second kappa shape index (κ2) is 9.65. The van der Waals surface area contributed by atoms with E-state index in [4.69, 9.17) is 9.84 Å². The Balaban J connectivity index is 1.69. The van der Waals surface area contributed by atoms with Crippen LogP contribution in [-0.4, -0.2) is 42.2 Å². The van der Waals surface area contributed by atoms with Gasteiger partial charge >= 0.3 is 12.0 Å². The summed E-state index contributed by atoms with van der Waals surface area (Å²) < 4.78 is 5.44. The predicted octanol–water partition coefficient (Wildman–Crippen LogP) is 1.57. The Kier molecular flexibility index (Phi) is 7.25. The number of nitrogens with one attached hydrogen (secondary N) is 3. The number of rotatable bonds is 10. The summed E-state index contributed by atoms with van der Waals surface area (Å²) in [6.07, 6.45) is 2.49. The smallest absolute Gasteiger partial charge is 0.315 e. The lowest BCUT2D eigenvalue weighted by Crippen LogP contribution is -2.37. The first kappa shape index (κ1) is 19.6. The van der Waals surface area contributed by atoms with Crippen molar-refractivity contribution in [2.24, 2.45) is 0 Å². The minimum absolute atomic E-state index is 0.0115. The molecule has 26 heavy (non-hydrogen) atoms. The molecule has 3 amide bonds. The number of carboxylic acid groups (broad SMARTS) is 1. The maximum absolute atomic E-state index is 11.8. The molecular formula is C18H25N3O5. The summed E-state index contributed by atoms with van der Waals surface area (Å²) in [5, 5.41) is 16.8. The fourth-order valence-corrected chi connectivity index (χ4v) is 2.27. The molecule has 0 radical (unpaired) electrons. The third kappa shape index (κ3) is 7.42. The third-order valence-corrected chi connectivity index (χ3v) is 3.89. The van der Waals surface area contributed by atoms with E-state index in [1.54, 1.807) is 12.1 Å². The first-order chi connectivity index (χ1) is 12.4. The van der Waals surface area contributed by atoms with E-state index in [0.29, 0.717) is 24.8 Å². The van der Waals surface area contributed by atoms with Crippen LogP contribution in [0.2, 0.25) is 0 Å². The first-order valence-corrected chi connectivity index (χ1v) is 8.72. The van der Waals surface area contributed by atoms with Crippen molar-refractivity contribution in [3.05, 3.63) is 29.8 Å². The monoisotopic (exact) mass is 363 g/mol. The van der Waals surface area contributed by atoms with Gasteiger partial charge in [0.1, 0.15) is 5.75 Å². The minimum atomic E-state index is -0.882. The van der Waals surface area contributed by atoms with Crippen LogP contribution in [0.5, 0.6) is 5.75 Å². The van der Waals surface area contributed by atoms with Gasteiger partial charge < -0.3 is 25.8 Å². The summed E-state index contributed by atoms with van der Waals surface area (Å²) in [5.41, 5.74) is 0.889. The van der Waals surface area contributed by atoms with E-state index in [9.17, 15) is 14.4 Å². The summed E-state index contributed by atoms with van der Waals surface area (Å²) in [6, 6.07) is 6.90. The van der Waals surface area contributed by atoms with Crippen LogP contribution < -0.4 is 20.7 Å². The molecule has 142 valence electrons. The van der Waals surface area contributed by atoms with Gasteiger partial charge in [-0.2, -0.15) is 0 Å². The molecule has 1 unspecified atom stereocenters. The molecule has 8 nitrogen and oxygen atoms in total. The number of aliphatic carboxylic acids is 1. The number of carbonyl (C=O) groups is 3. The largest absolute Gasteiger partial charge is 0.484 e. The van der Waals surface area contributed by atoms with Gasteiger partial charge in [0.2, 0.25) is 0 Å². The Morgan fingerprint density at radius 3 is 2.54 bits per heavy atom. The van der Waals surface area contributed by atoms with Gasteiger partial charge in [-0.25, -0.2) is 4.79 Å². The lowest BCUT2D eigenvalue weighted by atomic mass is 10.1. The number of amides is 3. The normalized spacial score (nSPS) is 14.2. The molecule has 1 aliphatic rings. The second-order valence-electron chi connectivity index (χ2n) is 6.32. The SMILES string of the molecule is CC(NC(=O)NCCCC(=O)O)c1ccc(OCC(=O)NC2CC2)cc1. The summed E-state index contributed by atoms with van der Waals surface area (Å²) in [4.78, 5) is 33.8. The Bertz CT molecular complexity index is 628. The quantitative estimate of drug-likeness (QED) is 0.471. The van der Waals surface area contributed by atoms with E-state index >= 15 is 0 Å². The highest BCUT2D eigenvalue weighted by atomic mass is 16.5. The van der Waals surface area contributed by atoms with E-state index in [2.05, 4.69) is 16.0 Å². The summed E-state index contributed by atoms with van der Waals surface area (Å²) >= 11 is 0. The van der Waals surface area contributed by atoms with E-state index in [1.165, 1.54) is 0 Å². The van der Waals surface area contributed by atoms with Crippen molar-refractivity contribution >= 4 is 17.9 Å². The van der Waals surface area contributed by atoms with Crippen molar-refractivity contribution in [3.63, 3.8) is 0 Å². The number of carbonyl (C=O) groups excluding carboxylic acids is 2. The minimum Gasteiger partial charge on any atom is -0.484 e. The Labute approximate surface area is 152 Å². The number of hydrogen-bond acceptors (Lipinski definition) is 4. The van der Waals surface area contributed by atoms with E-state index < -0.39 is 5.97 Å². The maximum Gasteiger partial charge on any atom is 0.315 e. The molecule has 8 heteroatoms. The lowest BCUT2D eigenvalue weighted by Gasteiger charge is -2.15. The molecule has 1 saturated carbocycles. The third-order valence-electron chi connectivity index (χ3n) is 3.89. The van der Waals surface area contributed by atoms with E-state index in [1.807, 2.05) is 19.1 Å². The molecule has 0 saturated heterocycles. The van der Waals surface area contributed by atoms with Crippen LogP contribution in [0.3, 0.4) is 0 Å². The molecule has 1 atom stereocenters. The van der Waals surface area contributed by atoms with Gasteiger partial charge in [-0.3, -0.25) is 9.59 Å². The first-order valence-electron chi connectivity index (χ1n) is 8.72. The molecule has 0 aliphatic heterocycles. The van der Waals surface area contributed by atoms with Gasteiger partial charge in [-0.05, 0) is 43.9 Å². The van der Waals surface area contributed by atoms with Crippen molar-refractivity contribution in [2.45, 2.75) is 44.7 Å². The van der Waals surface area contributed by atoms with E-state index in [0.717, 1.165) is 18.4 Å². The molecule has 0 heterocycles. The molecule has 4 N–H and O–H groups in total. The maximum atomic E-state index is 11.8. The zero-order valence-corrected chi connectivity index (χ0v) is 14.8. The summed E-state index contributed by atoms with van der Waals surface area (Å²) in [7, 11) is 0. The molecule has 0 bridgehead atoms. The fourth-order valence-electron chi connectivity index (χ4n) is 2.27. The van der Waals surface area contributed by atoms with Gasteiger partial charge in [0.25, 0.3) is 5.91 Å². The highest BCUT2D eigenvalue weighted by Gasteiger charge is 2.23. The fraction of sp³-hybridized carbons (Fsp3) is 0.500. The number of benzene rings is 1.